The van der Waals surface area contributed by atoms with Crippen LogP contribution < -0.4 is 5.32 Å². The van der Waals surface area contributed by atoms with Gasteiger partial charge in [0.1, 0.15) is 6.54 Å². The van der Waals surface area contributed by atoms with E-state index in [0.29, 0.717) is 6.54 Å². The molecule has 0 bridgehead atoms. The van der Waals surface area contributed by atoms with Crippen LogP contribution in [0.2, 0.25) is 0 Å². The van der Waals surface area contributed by atoms with Crippen molar-refractivity contribution in [2.75, 3.05) is 52.4 Å². The highest BCUT2D eigenvalue weighted by Gasteiger charge is 2.26. The van der Waals surface area contributed by atoms with Crippen LogP contribution in [0.4, 0.5) is 4.79 Å². The highest BCUT2D eigenvalue weighted by Crippen LogP contribution is 2.04. The maximum Gasteiger partial charge on any atom is 0.324 e. The van der Waals surface area contributed by atoms with Crippen LogP contribution in [-0.2, 0) is 4.79 Å². The third kappa shape index (κ3) is 3.43. The number of rotatable bonds is 4. The molecule has 2 heterocycles. The van der Waals surface area contributed by atoms with Gasteiger partial charge in [0.2, 0.25) is 5.91 Å². The molecule has 2 aliphatic rings. The van der Waals surface area contributed by atoms with Crippen LogP contribution in [0.25, 0.3) is 0 Å². The molecule has 0 aliphatic carbocycles. The fraction of sp³-hybridized carbons (Fsp3) is 0.833. The smallest absolute Gasteiger partial charge is 0.314 e. The fourth-order valence-corrected chi connectivity index (χ4v) is 2.49. The first-order valence-corrected chi connectivity index (χ1v) is 6.72. The Morgan fingerprint density at radius 3 is 2.44 bits per heavy atom. The zero-order chi connectivity index (χ0) is 13.0. The highest BCUT2D eigenvalue weighted by atomic mass is 16.2. The van der Waals surface area contributed by atoms with E-state index in [1.165, 1.54) is 6.42 Å². The van der Waals surface area contributed by atoms with Gasteiger partial charge in [0.05, 0.1) is 0 Å². The second-order valence-electron chi connectivity index (χ2n) is 4.90. The first-order chi connectivity index (χ1) is 8.69. The lowest BCUT2D eigenvalue weighted by molar-refractivity contribution is -0.118. The largest absolute Gasteiger partial charge is 0.324 e. The lowest BCUT2D eigenvalue weighted by Crippen LogP contribution is -2.38. The summed E-state index contributed by atoms with van der Waals surface area (Å²) in [6.45, 7) is 9.41. The Kier molecular flexibility index (Phi) is 4.54. The molecule has 6 heteroatoms. The second kappa shape index (κ2) is 6.15. The average Bonchev–Trinajstić information content (AvgIpc) is 2.55. The fourth-order valence-electron chi connectivity index (χ4n) is 2.49. The van der Waals surface area contributed by atoms with Crippen molar-refractivity contribution >= 4 is 11.9 Å². The van der Waals surface area contributed by atoms with Crippen LogP contribution in [0.1, 0.15) is 13.3 Å². The molecule has 0 saturated carbocycles. The van der Waals surface area contributed by atoms with Crippen LogP contribution in [0, 0.1) is 0 Å². The predicted octanol–water partition coefficient (Wildman–Crippen LogP) is -0.434. The van der Waals surface area contributed by atoms with Gasteiger partial charge in [-0.25, -0.2) is 4.79 Å². The van der Waals surface area contributed by atoms with Crippen LogP contribution in [0.15, 0.2) is 0 Å². The van der Waals surface area contributed by atoms with Crippen LogP contribution in [-0.4, -0.2) is 79.0 Å². The number of urea groups is 1. The molecule has 0 unspecified atom stereocenters. The minimum absolute atomic E-state index is 0.187. The summed E-state index contributed by atoms with van der Waals surface area (Å²) in [5.41, 5.74) is 0. The molecule has 0 atom stereocenters. The van der Waals surface area contributed by atoms with Gasteiger partial charge in [-0.1, -0.05) is 6.92 Å². The molecular weight excluding hydrogens is 232 g/mol. The molecule has 2 saturated heterocycles. The van der Waals surface area contributed by atoms with Crippen molar-refractivity contribution in [3.8, 4) is 0 Å². The van der Waals surface area contributed by atoms with E-state index in [1.807, 2.05) is 0 Å². The molecule has 2 rings (SSSR count). The van der Waals surface area contributed by atoms with Gasteiger partial charge < -0.3 is 14.7 Å². The summed E-state index contributed by atoms with van der Waals surface area (Å²) < 4.78 is 0. The van der Waals surface area contributed by atoms with E-state index in [1.54, 1.807) is 4.90 Å². The molecule has 102 valence electrons. The van der Waals surface area contributed by atoms with Crippen molar-refractivity contribution in [3.63, 3.8) is 0 Å². The van der Waals surface area contributed by atoms with E-state index in [9.17, 15) is 9.59 Å². The molecule has 18 heavy (non-hydrogen) atoms. The van der Waals surface area contributed by atoms with Crippen molar-refractivity contribution in [1.82, 2.24) is 20.0 Å². The summed E-state index contributed by atoms with van der Waals surface area (Å²) in [4.78, 5) is 28.9. The average molecular weight is 254 g/mol. The van der Waals surface area contributed by atoms with E-state index < -0.39 is 0 Å². The number of carbonyl (C=O) groups is 2. The van der Waals surface area contributed by atoms with E-state index in [2.05, 4.69) is 22.0 Å². The molecule has 0 radical (unpaired) electrons. The molecule has 0 spiro atoms. The summed E-state index contributed by atoms with van der Waals surface area (Å²) in [5, 5.41) is 2.30. The third-order valence-electron chi connectivity index (χ3n) is 3.68. The standard InChI is InChI=1S/C12H22N4O2/c1-2-14-4-3-5-15(7-6-14)8-9-16-10-11(17)13-12(16)18/h2-10H2,1H3,(H,13,17,18). The zero-order valence-corrected chi connectivity index (χ0v) is 11.0. The normalized spacial score (nSPS) is 23.3. The number of likely N-dealkylation sites (N-methyl/N-ethyl adjacent to an activating group) is 1. The molecule has 2 fully saturated rings. The number of imide groups is 1. The number of nitrogens with one attached hydrogen (secondary N) is 1. The van der Waals surface area contributed by atoms with Gasteiger partial charge in [0, 0.05) is 26.2 Å². The van der Waals surface area contributed by atoms with Crippen LogP contribution >= 0.6 is 0 Å². The SMILES string of the molecule is CCN1CCCN(CCN2CC(=O)NC2=O)CC1. The molecule has 3 amide bonds. The summed E-state index contributed by atoms with van der Waals surface area (Å²) >= 11 is 0. The van der Waals surface area contributed by atoms with Gasteiger partial charge in [0.15, 0.2) is 0 Å². The van der Waals surface area contributed by atoms with Crippen LogP contribution in [0.3, 0.4) is 0 Å². The van der Waals surface area contributed by atoms with Crippen molar-refractivity contribution < 1.29 is 9.59 Å². The number of hydrogen-bond donors (Lipinski definition) is 1. The van der Waals surface area contributed by atoms with Gasteiger partial charge >= 0.3 is 6.03 Å². The molecule has 1 N–H and O–H groups in total. The van der Waals surface area contributed by atoms with Crippen molar-refractivity contribution in [3.05, 3.63) is 0 Å². The molecule has 0 aromatic carbocycles. The predicted molar refractivity (Wildman–Crippen MR) is 68.3 cm³/mol. The third-order valence-corrected chi connectivity index (χ3v) is 3.68. The van der Waals surface area contributed by atoms with Crippen molar-refractivity contribution in [2.24, 2.45) is 0 Å². The van der Waals surface area contributed by atoms with Gasteiger partial charge in [-0.05, 0) is 26.1 Å². The number of amides is 3. The Labute approximate surface area is 108 Å². The van der Waals surface area contributed by atoms with Gasteiger partial charge in [-0.3, -0.25) is 10.1 Å². The summed E-state index contributed by atoms with van der Waals surface area (Å²) in [6, 6.07) is -0.245. The molecule has 0 aromatic rings. The summed E-state index contributed by atoms with van der Waals surface area (Å²) in [7, 11) is 0. The Bertz CT molecular complexity index is 321. The first kappa shape index (κ1) is 13.3. The number of nitrogens with zero attached hydrogens (tertiary/aromatic N) is 3. The Morgan fingerprint density at radius 1 is 1.06 bits per heavy atom. The molecule has 0 aromatic heterocycles. The molecular formula is C12H22N4O2. The number of carbonyl (C=O) groups excluding carboxylic acids is 2. The summed E-state index contributed by atoms with van der Waals surface area (Å²) in [5.74, 6) is -0.187. The van der Waals surface area contributed by atoms with Crippen molar-refractivity contribution in [1.29, 1.82) is 0 Å². The Hall–Kier alpha value is -1.14. The highest BCUT2D eigenvalue weighted by molar-refractivity contribution is 6.01. The van der Waals surface area contributed by atoms with Gasteiger partial charge in [0.25, 0.3) is 0 Å². The minimum Gasteiger partial charge on any atom is -0.314 e. The number of hydrogen-bond acceptors (Lipinski definition) is 4. The van der Waals surface area contributed by atoms with E-state index in [0.717, 1.165) is 39.3 Å². The first-order valence-electron chi connectivity index (χ1n) is 6.72. The lowest BCUT2D eigenvalue weighted by atomic mass is 10.3. The van der Waals surface area contributed by atoms with E-state index in [-0.39, 0.29) is 18.5 Å². The molecule has 6 nitrogen and oxygen atoms in total. The maximum absolute atomic E-state index is 11.4. The maximum atomic E-state index is 11.4. The zero-order valence-electron chi connectivity index (χ0n) is 11.0. The van der Waals surface area contributed by atoms with E-state index in [4.69, 9.17) is 0 Å². The second-order valence-corrected chi connectivity index (χ2v) is 4.90. The van der Waals surface area contributed by atoms with Crippen LogP contribution in [0.5, 0.6) is 0 Å². The Morgan fingerprint density at radius 2 is 1.78 bits per heavy atom. The molecule has 2 aliphatic heterocycles. The monoisotopic (exact) mass is 254 g/mol. The van der Waals surface area contributed by atoms with Crippen molar-refractivity contribution in [2.45, 2.75) is 13.3 Å². The summed E-state index contributed by atoms with van der Waals surface area (Å²) in [6.07, 6.45) is 1.18. The van der Waals surface area contributed by atoms with Gasteiger partial charge in [-0.15, -0.1) is 0 Å². The minimum atomic E-state index is -0.245. The lowest BCUT2D eigenvalue weighted by Gasteiger charge is -2.23. The quantitative estimate of drug-likeness (QED) is 0.692. The topological polar surface area (TPSA) is 55.9 Å². The Balaban J connectivity index is 1.73. The van der Waals surface area contributed by atoms with E-state index >= 15 is 0 Å². The van der Waals surface area contributed by atoms with Gasteiger partial charge in [-0.2, -0.15) is 0 Å².